The number of carbonyl (C=O) groups is 1. The average Bonchev–Trinajstić information content (AvgIpc) is 2.72. The lowest BCUT2D eigenvalue weighted by Gasteiger charge is -2.16. The molecule has 0 saturated carbocycles. The van der Waals surface area contributed by atoms with Gasteiger partial charge in [-0.2, -0.15) is 0 Å². The number of carbonyl (C=O) groups excluding carboxylic acids is 1. The molecule has 27 heavy (non-hydrogen) atoms. The molecule has 2 nitrogen and oxygen atoms in total. The molecule has 3 aromatic rings. The van der Waals surface area contributed by atoms with Gasteiger partial charge in [-0.05, 0) is 55.4 Å². The van der Waals surface area contributed by atoms with Gasteiger partial charge in [0.25, 0.3) is 5.91 Å². The van der Waals surface area contributed by atoms with Gasteiger partial charge in [0.15, 0.2) is 0 Å². The van der Waals surface area contributed by atoms with Crippen molar-refractivity contribution in [2.45, 2.75) is 38.6 Å². The van der Waals surface area contributed by atoms with Gasteiger partial charge >= 0.3 is 0 Å². The number of aryl methyl sites for hydroxylation is 3. The van der Waals surface area contributed by atoms with Crippen LogP contribution in [-0.4, -0.2) is 11.9 Å². The molecule has 0 fully saturated rings. The summed E-state index contributed by atoms with van der Waals surface area (Å²) < 4.78 is 0. The summed E-state index contributed by atoms with van der Waals surface area (Å²) in [6, 6.07) is 28.9. The highest BCUT2D eigenvalue weighted by molar-refractivity contribution is 5.95. The van der Waals surface area contributed by atoms with Crippen molar-refractivity contribution >= 4 is 5.91 Å². The number of benzene rings is 3. The minimum atomic E-state index is 0.0271. The van der Waals surface area contributed by atoms with Crippen molar-refractivity contribution in [1.29, 1.82) is 0 Å². The third kappa shape index (κ3) is 5.82. The van der Waals surface area contributed by atoms with E-state index in [0.717, 1.165) is 36.8 Å². The van der Waals surface area contributed by atoms with Gasteiger partial charge in [0.1, 0.15) is 0 Å². The summed E-state index contributed by atoms with van der Waals surface area (Å²) in [7, 11) is 0. The molecular formula is C25H27NO. The van der Waals surface area contributed by atoms with Gasteiger partial charge in [0.05, 0.1) is 0 Å². The highest BCUT2D eigenvalue weighted by Crippen LogP contribution is 2.14. The molecule has 0 heterocycles. The molecule has 1 unspecified atom stereocenters. The standard InChI is InChI=1S/C25H27NO/c1-20(16-17-21-10-4-2-5-11-21)26-25(27)24-15-9-8-14-23(24)19-18-22-12-6-3-7-13-22/h2-15,20H,16-19H2,1H3,(H,26,27). The first-order valence-corrected chi connectivity index (χ1v) is 9.69. The lowest BCUT2D eigenvalue weighted by molar-refractivity contribution is 0.0937. The van der Waals surface area contributed by atoms with Crippen molar-refractivity contribution in [3.63, 3.8) is 0 Å². The van der Waals surface area contributed by atoms with E-state index in [4.69, 9.17) is 0 Å². The van der Waals surface area contributed by atoms with Crippen LogP contribution in [0.5, 0.6) is 0 Å². The third-order valence-electron chi connectivity index (χ3n) is 4.87. The molecule has 1 atom stereocenters. The quantitative estimate of drug-likeness (QED) is 0.588. The van der Waals surface area contributed by atoms with Crippen LogP contribution in [0, 0.1) is 0 Å². The lowest BCUT2D eigenvalue weighted by Crippen LogP contribution is -2.33. The van der Waals surface area contributed by atoms with Gasteiger partial charge in [0.2, 0.25) is 0 Å². The smallest absolute Gasteiger partial charge is 0.251 e. The molecule has 2 heteroatoms. The summed E-state index contributed by atoms with van der Waals surface area (Å²) in [5, 5.41) is 3.17. The molecule has 0 bridgehead atoms. The number of hydrogen-bond donors (Lipinski definition) is 1. The van der Waals surface area contributed by atoms with Crippen molar-refractivity contribution in [1.82, 2.24) is 5.32 Å². The van der Waals surface area contributed by atoms with Crippen molar-refractivity contribution < 1.29 is 4.79 Å². The maximum absolute atomic E-state index is 12.8. The van der Waals surface area contributed by atoms with Gasteiger partial charge in [-0.1, -0.05) is 78.9 Å². The van der Waals surface area contributed by atoms with Crippen LogP contribution < -0.4 is 5.32 Å². The van der Waals surface area contributed by atoms with Crippen LogP contribution in [0.25, 0.3) is 0 Å². The fourth-order valence-electron chi connectivity index (χ4n) is 3.29. The van der Waals surface area contributed by atoms with Crippen molar-refractivity contribution in [3.05, 3.63) is 107 Å². The Morgan fingerprint density at radius 3 is 1.96 bits per heavy atom. The Morgan fingerprint density at radius 1 is 0.741 bits per heavy atom. The molecule has 0 radical (unpaired) electrons. The van der Waals surface area contributed by atoms with Gasteiger partial charge in [-0.3, -0.25) is 4.79 Å². The van der Waals surface area contributed by atoms with Crippen LogP contribution in [-0.2, 0) is 19.3 Å². The van der Waals surface area contributed by atoms with Gasteiger partial charge in [0, 0.05) is 11.6 Å². The Hall–Kier alpha value is -2.87. The number of rotatable bonds is 8. The lowest BCUT2D eigenvalue weighted by atomic mass is 9.99. The predicted octanol–water partition coefficient (Wildman–Crippen LogP) is 5.22. The molecule has 1 N–H and O–H groups in total. The zero-order valence-electron chi connectivity index (χ0n) is 15.9. The summed E-state index contributed by atoms with van der Waals surface area (Å²) in [4.78, 5) is 12.8. The Balaban J connectivity index is 1.57. The Morgan fingerprint density at radius 2 is 1.30 bits per heavy atom. The maximum Gasteiger partial charge on any atom is 0.251 e. The van der Waals surface area contributed by atoms with E-state index in [1.807, 2.05) is 30.3 Å². The molecule has 0 aliphatic carbocycles. The average molecular weight is 357 g/mol. The topological polar surface area (TPSA) is 29.1 Å². The van der Waals surface area contributed by atoms with Crippen molar-refractivity contribution in [2.24, 2.45) is 0 Å². The van der Waals surface area contributed by atoms with Crippen LogP contribution >= 0.6 is 0 Å². The van der Waals surface area contributed by atoms with E-state index in [1.165, 1.54) is 11.1 Å². The van der Waals surface area contributed by atoms with Crippen LogP contribution in [0.15, 0.2) is 84.9 Å². The zero-order chi connectivity index (χ0) is 18.9. The molecule has 3 rings (SSSR count). The Kier molecular flexibility index (Phi) is 6.81. The summed E-state index contributed by atoms with van der Waals surface area (Å²) in [6.07, 6.45) is 3.71. The summed E-state index contributed by atoms with van der Waals surface area (Å²) in [5.41, 5.74) is 4.50. The highest BCUT2D eigenvalue weighted by atomic mass is 16.1. The number of amides is 1. The number of nitrogens with one attached hydrogen (secondary N) is 1. The first-order chi connectivity index (χ1) is 13.2. The third-order valence-corrected chi connectivity index (χ3v) is 4.87. The zero-order valence-corrected chi connectivity index (χ0v) is 15.9. The SMILES string of the molecule is CC(CCc1ccccc1)NC(=O)c1ccccc1CCc1ccccc1. The molecular weight excluding hydrogens is 330 g/mol. The Labute approximate surface area is 162 Å². The highest BCUT2D eigenvalue weighted by Gasteiger charge is 2.13. The van der Waals surface area contributed by atoms with Gasteiger partial charge in [-0.25, -0.2) is 0 Å². The van der Waals surface area contributed by atoms with Gasteiger partial charge < -0.3 is 5.32 Å². The molecule has 138 valence electrons. The molecule has 1 amide bonds. The van der Waals surface area contributed by atoms with Crippen LogP contribution in [0.3, 0.4) is 0 Å². The predicted molar refractivity (Wildman–Crippen MR) is 112 cm³/mol. The molecule has 0 aliphatic rings. The van der Waals surface area contributed by atoms with Crippen LogP contribution in [0.2, 0.25) is 0 Å². The second kappa shape index (κ2) is 9.72. The van der Waals surface area contributed by atoms with Gasteiger partial charge in [-0.15, -0.1) is 0 Å². The van der Waals surface area contributed by atoms with Crippen molar-refractivity contribution in [2.75, 3.05) is 0 Å². The fourth-order valence-corrected chi connectivity index (χ4v) is 3.29. The largest absolute Gasteiger partial charge is 0.350 e. The van der Waals surface area contributed by atoms with Crippen LogP contribution in [0.1, 0.15) is 40.4 Å². The first-order valence-electron chi connectivity index (χ1n) is 9.69. The monoisotopic (exact) mass is 357 g/mol. The van der Waals surface area contributed by atoms with Crippen molar-refractivity contribution in [3.8, 4) is 0 Å². The molecule has 0 saturated heterocycles. The minimum absolute atomic E-state index is 0.0271. The van der Waals surface area contributed by atoms with E-state index in [1.54, 1.807) is 0 Å². The van der Waals surface area contributed by atoms with E-state index < -0.39 is 0 Å². The first kappa shape index (κ1) is 18.9. The normalized spacial score (nSPS) is 11.7. The fraction of sp³-hybridized carbons (Fsp3) is 0.240. The second-order valence-corrected chi connectivity index (χ2v) is 7.04. The molecule has 0 aliphatic heterocycles. The number of hydrogen-bond acceptors (Lipinski definition) is 1. The second-order valence-electron chi connectivity index (χ2n) is 7.04. The molecule has 3 aromatic carbocycles. The maximum atomic E-state index is 12.8. The minimum Gasteiger partial charge on any atom is -0.350 e. The molecule has 0 spiro atoms. The van der Waals surface area contributed by atoms with E-state index >= 15 is 0 Å². The Bertz CT molecular complexity index is 842. The summed E-state index contributed by atoms with van der Waals surface area (Å²) in [5.74, 6) is 0.0271. The summed E-state index contributed by atoms with van der Waals surface area (Å²) in [6.45, 7) is 2.08. The summed E-state index contributed by atoms with van der Waals surface area (Å²) >= 11 is 0. The van der Waals surface area contributed by atoms with Crippen LogP contribution in [0.4, 0.5) is 0 Å². The van der Waals surface area contributed by atoms with E-state index in [2.05, 4.69) is 66.8 Å². The van der Waals surface area contributed by atoms with E-state index in [0.29, 0.717) is 0 Å². The molecule has 0 aromatic heterocycles. The van der Waals surface area contributed by atoms with E-state index in [9.17, 15) is 4.79 Å². The van der Waals surface area contributed by atoms with E-state index in [-0.39, 0.29) is 11.9 Å².